The van der Waals surface area contributed by atoms with E-state index >= 15 is 0 Å². The molecule has 1 fully saturated rings. The van der Waals surface area contributed by atoms with Crippen LogP contribution in [-0.4, -0.2) is 18.0 Å². The Balaban J connectivity index is 2.56. The number of amides is 1. The summed E-state index contributed by atoms with van der Waals surface area (Å²) in [5.74, 6) is 0.192. The highest BCUT2D eigenvalue weighted by Gasteiger charge is 2.32. The Morgan fingerprint density at radius 2 is 1.93 bits per heavy atom. The van der Waals surface area contributed by atoms with E-state index in [1.165, 1.54) is 19.3 Å². The second-order valence-corrected chi connectivity index (χ2v) is 4.69. The van der Waals surface area contributed by atoms with Crippen LogP contribution in [0.4, 0.5) is 0 Å². The zero-order valence-corrected chi connectivity index (χ0v) is 9.31. The Kier molecular flexibility index (Phi) is 3.93. The number of nitrogens with one attached hydrogen (secondary N) is 1. The summed E-state index contributed by atoms with van der Waals surface area (Å²) in [6.07, 6.45) is 5.74. The van der Waals surface area contributed by atoms with Crippen LogP contribution in [0.2, 0.25) is 0 Å². The zero-order chi connectivity index (χ0) is 10.6. The maximum absolute atomic E-state index is 11.6. The number of hydrogen-bond acceptors (Lipinski definition) is 2. The van der Waals surface area contributed by atoms with Crippen LogP contribution >= 0.6 is 0 Å². The first-order valence-electron chi connectivity index (χ1n) is 5.62. The van der Waals surface area contributed by atoms with Crippen LogP contribution in [0.5, 0.6) is 0 Å². The molecule has 0 saturated heterocycles. The minimum atomic E-state index is -0.0976. The van der Waals surface area contributed by atoms with Gasteiger partial charge in [-0.3, -0.25) is 4.79 Å². The lowest BCUT2D eigenvalue weighted by Crippen LogP contribution is -2.55. The molecule has 3 heteroatoms. The molecule has 82 valence electrons. The molecule has 1 saturated carbocycles. The molecule has 14 heavy (non-hydrogen) atoms. The predicted octanol–water partition coefficient (Wildman–Crippen LogP) is 1.42. The van der Waals surface area contributed by atoms with Gasteiger partial charge in [0.2, 0.25) is 5.91 Å². The Bertz CT molecular complexity index is 195. The summed E-state index contributed by atoms with van der Waals surface area (Å²) >= 11 is 0. The van der Waals surface area contributed by atoms with Crippen molar-refractivity contribution in [2.45, 2.75) is 51.5 Å². The first kappa shape index (κ1) is 11.5. The van der Waals surface area contributed by atoms with Crippen molar-refractivity contribution in [1.82, 2.24) is 5.32 Å². The highest BCUT2D eigenvalue weighted by atomic mass is 16.2. The Morgan fingerprint density at radius 3 is 2.36 bits per heavy atom. The van der Waals surface area contributed by atoms with Crippen LogP contribution in [0.3, 0.4) is 0 Å². The monoisotopic (exact) mass is 198 g/mol. The second kappa shape index (κ2) is 4.78. The van der Waals surface area contributed by atoms with E-state index in [1.807, 2.05) is 13.8 Å². The van der Waals surface area contributed by atoms with Crippen LogP contribution in [0.1, 0.15) is 46.0 Å². The lowest BCUT2D eigenvalue weighted by Gasteiger charge is -2.37. The molecule has 0 radical (unpaired) electrons. The van der Waals surface area contributed by atoms with Gasteiger partial charge in [-0.1, -0.05) is 33.1 Å². The van der Waals surface area contributed by atoms with Crippen molar-refractivity contribution in [3.63, 3.8) is 0 Å². The van der Waals surface area contributed by atoms with Crippen LogP contribution in [0, 0.1) is 5.92 Å². The fourth-order valence-corrected chi connectivity index (χ4v) is 2.01. The van der Waals surface area contributed by atoms with Gasteiger partial charge < -0.3 is 11.1 Å². The minimum absolute atomic E-state index is 0.0559. The van der Waals surface area contributed by atoms with Crippen molar-refractivity contribution >= 4 is 5.91 Å². The topological polar surface area (TPSA) is 55.1 Å². The standard InChI is InChI=1S/C11H22N2O/c1-9(2)10(14)13-11(8-12)6-4-3-5-7-11/h9H,3-8,12H2,1-2H3,(H,13,14). The fraction of sp³-hybridized carbons (Fsp3) is 0.909. The molecular formula is C11H22N2O. The fourth-order valence-electron chi connectivity index (χ4n) is 2.01. The number of hydrogen-bond donors (Lipinski definition) is 2. The van der Waals surface area contributed by atoms with E-state index in [0.29, 0.717) is 6.54 Å². The van der Waals surface area contributed by atoms with E-state index in [-0.39, 0.29) is 17.4 Å². The molecular weight excluding hydrogens is 176 g/mol. The molecule has 1 amide bonds. The summed E-state index contributed by atoms with van der Waals surface area (Å²) in [4.78, 5) is 11.6. The van der Waals surface area contributed by atoms with E-state index in [1.54, 1.807) is 0 Å². The van der Waals surface area contributed by atoms with Gasteiger partial charge >= 0.3 is 0 Å². The van der Waals surface area contributed by atoms with Gasteiger partial charge in [0.05, 0.1) is 5.54 Å². The molecule has 0 aromatic rings. The van der Waals surface area contributed by atoms with Gasteiger partial charge in [0, 0.05) is 12.5 Å². The first-order valence-corrected chi connectivity index (χ1v) is 5.62. The maximum atomic E-state index is 11.6. The van der Waals surface area contributed by atoms with Gasteiger partial charge in [0.15, 0.2) is 0 Å². The summed E-state index contributed by atoms with van der Waals surface area (Å²) in [5, 5.41) is 3.12. The molecule has 3 N–H and O–H groups in total. The molecule has 0 aromatic carbocycles. The Hall–Kier alpha value is -0.570. The lowest BCUT2D eigenvalue weighted by atomic mass is 9.81. The third-order valence-electron chi connectivity index (χ3n) is 3.11. The van der Waals surface area contributed by atoms with Gasteiger partial charge in [-0.15, -0.1) is 0 Å². The molecule has 1 aliphatic carbocycles. The van der Waals surface area contributed by atoms with E-state index < -0.39 is 0 Å². The highest BCUT2D eigenvalue weighted by Crippen LogP contribution is 2.27. The molecule has 1 rings (SSSR count). The van der Waals surface area contributed by atoms with E-state index in [2.05, 4.69) is 5.32 Å². The third-order valence-corrected chi connectivity index (χ3v) is 3.11. The van der Waals surface area contributed by atoms with Crippen molar-refractivity contribution in [2.24, 2.45) is 11.7 Å². The number of carbonyl (C=O) groups is 1. The average Bonchev–Trinajstić information content (AvgIpc) is 2.19. The van der Waals surface area contributed by atoms with E-state index in [0.717, 1.165) is 12.8 Å². The first-order chi connectivity index (χ1) is 6.59. The second-order valence-electron chi connectivity index (χ2n) is 4.69. The van der Waals surface area contributed by atoms with Gasteiger partial charge in [-0.2, -0.15) is 0 Å². The van der Waals surface area contributed by atoms with Crippen molar-refractivity contribution in [1.29, 1.82) is 0 Å². The van der Waals surface area contributed by atoms with Gasteiger partial charge in [0.25, 0.3) is 0 Å². The quantitative estimate of drug-likeness (QED) is 0.720. The summed E-state index contributed by atoms with van der Waals surface area (Å²) in [6.45, 7) is 4.41. The summed E-state index contributed by atoms with van der Waals surface area (Å²) < 4.78 is 0. The molecule has 3 nitrogen and oxygen atoms in total. The Labute approximate surface area is 86.4 Å². The summed E-state index contributed by atoms with van der Waals surface area (Å²) in [7, 11) is 0. The molecule has 0 aromatic heterocycles. The number of rotatable bonds is 3. The smallest absolute Gasteiger partial charge is 0.223 e. The molecule has 0 heterocycles. The predicted molar refractivity (Wildman–Crippen MR) is 57.9 cm³/mol. The van der Waals surface area contributed by atoms with Crippen LogP contribution in [-0.2, 0) is 4.79 Å². The lowest BCUT2D eigenvalue weighted by molar-refractivity contribution is -0.126. The molecule has 0 aliphatic heterocycles. The summed E-state index contributed by atoms with van der Waals surface area (Å²) in [5.41, 5.74) is 5.67. The van der Waals surface area contributed by atoms with Gasteiger partial charge in [-0.25, -0.2) is 0 Å². The molecule has 0 atom stereocenters. The van der Waals surface area contributed by atoms with Crippen molar-refractivity contribution in [3.8, 4) is 0 Å². The maximum Gasteiger partial charge on any atom is 0.223 e. The zero-order valence-electron chi connectivity index (χ0n) is 9.31. The SMILES string of the molecule is CC(C)C(=O)NC1(CN)CCCCC1. The van der Waals surface area contributed by atoms with E-state index in [4.69, 9.17) is 5.73 Å². The molecule has 1 aliphatic rings. The van der Waals surface area contributed by atoms with Gasteiger partial charge in [0.1, 0.15) is 0 Å². The molecule has 0 unspecified atom stereocenters. The van der Waals surface area contributed by atoms with Crippen molar-refractivity contribution < 1.29 is 4.79 Å². The van der Waals surface area contributed by atoms with Crippen molar-refractivity contribution in [3.05, 3.63) is 0 Å². The number of carbonyl (C=O) groups excluding carboxylic acids is 1. The molecule has 0 bridgehead atoms. The van der Waals surface area contributed by atoms with Gasteiger partial charge in [-0.05, 0) is 12.8 Å². The number of nitrogens with two attached hydrogens (primary N) is 1. The van der Waals surface area contributed by atoms with Crippen LogP contribution < -0.4 is 11.1 Å². The van der Waals surface area contributed by atoms with Crippen molar-refractivity contribution in [2.75, 3.05) is 6.54 Å². The highest BCUT2D eigenvalue weighted by molar-refractivity contribution is 5.78. The minimum Gasteiger partial charge on any atom is -0.349 e. The van der Waals surface area contributed by atoms with E-state index in [9.17, 15) is 4.79 Å². The normalized spacial score (nSPS) is 20.9. The largest absolute Gasteiger partial charge is 0.349 e. The third kappa shape index (κ3) is 2.71. The Morgan fingerprint density at radius 1 is 1.36 bits per heavy atom. The average molecular weight is 198 g/mol. The summed E-state index contributed by atoms with van der Waals surface area (Å²) in [6, 6.07) is 0. The van der Waals surface area contributed by atoms with Crippen LogP contribution in [0.15, 0.2) is 0 Å². The van der Waals surface area contributed by atoms with Crippen LogP contribution in [0.25, 0.3) is 0 Å². The molecule has 0 spiro atoms.